The van der Waals surface area contributed by atoms with Gasteiger partial charge in [0.1, 0.15) is 12.1 Å². The Labute approximate surface area is 198 Å². The van der Waals surface area contributed by atoms with Crippen LogP contribution < -0.4 is 5.32 Å². The van der Waals surface area contributed by atoms with Crippen LogP contribution in [0.1, 0.15) is 90.8 Å². The first-order valence-corrected chi connectivity index (χ1v) is 12.9. The van der Waals surface area contributed by atoms with E-state index < -0.39 is 5.41 Å². The highest BCUT2D eigenvalue weighted by atomic mass is 16.2. The number of carbonyl (C=O) groups is 2. The smallest absolute Gasteiger partial charge is 0.231 e. The summed E-state index contributed by atoms with van der Waals surface area (Å²) in [7, 11) is 0. The van der Waals surface area contributed by atoms with Crippen molar-refractivity contribution in [3.8, 4) is 0 Å². The summed E-state index contributed by atoms with van der Waals surface area (Å²) in [5.41, 5.74) is 1.51. The number of fused-ring (bicyclic) bond motifs is 1. The van der Waals surface area contributed by atoms with Gasteiger partial charge >= 0.3 is 0 Å². The van der Waals surface area contributed by atoms with E-state index in [2.05, 4.69) is 49.9 Å². The van der Waals surface area contributed by atoms with E-state index in [1.165, 1.54) is 44.9 Å². The van der Waals surface area contributed by atoms with Crippen molar-refractivity contribution >= 4 is 17.6 Å². The molecule has 2 heterocycles. The van der Waals surface area contributed by atoms with Crippen LogP contribution in [0.15, 0.2) is 6.33 Å². The van der Waals surface area contributed by atoms with Gasteiger partial charge in [-0.1, -0.05) is 34.6 Å². The largest absolute Gasteiger partial charge is 0.336 e. The Bertz CT molecular complexity index is 926. The fraction of sp³-hybridized carbons (Fsp3) is 0.778. The van der Waals surface area contributed by atoms with E-state index in [1.807, 2.05) is 4.90 Å². The zero-order valence-corrected chi connectivity index (χ0v) is 21.0. The summed E-state index contributed by atoms with van der Waals surface area (Å²) in [5, 5.41) is 3.22. The Kier molecular flexibility index (Phi) is 5.37. The van der Waals surface area contributed by atoms with E-state index in [-0.39, 0.29) is 22.6 Å². The lowest BCUT2D eigenvalue weighted by Gasteiger charge is -2.61. The van der Waals surface area contributed by atoms with Crippen LogP contribution in [0, 0.1) is 34.0 Å². The Hall–Kier alpha value is -1.98. The third-order valence-electron chi connectivity index (χ3n) is 9.20. The molecule has 4 saturated carbocycles. The molecule has 1 N–H and O–H groups in total. The number of nitrogens with zero attached hydrogens (tertiary/aromatic N) is 3. The maximum atomic E-state index is 13.7. The Balaban J connectivity index is 1.32. The second kappa shape index (κ2) is 7.78. The average molecular weight is 453 g/mol. The first-order valence-electron chi connectivity index (χ1n) is 12.9. The van der Waals surface area contributed by atoms with Crippen LogP contribution in [-0.4, -0.2) is 33.2 Å². The minimum atomic E-state index is -0.426. The van der Waals surface area contributed by atoms with E-state index >= 15 is 0 Å². The monoisotopic (exact) mass is 452 g/mol. The molecule has 0 spiro atoms. The maximum absolute atomic E-state index is 13.7. The minimum Gasteiger partial charge on any atom is -0.336 e. The second-order valence-corrected chi connectivity index (χ2v) is 13.2. The highest BCUT2D eigenvalue weighted by Gasteiger charge is 2.59. The highest BCUT2D eigenvalue weighted by Crippen LogP contribution is 2.66. The molecule has 4 bridgehead atoms. The molecule has 0 saturated heterocycles. The number of hydrogen-bond donors (Lipinski definition) is 1. The van der Waals surface area contributed by atoms with E-state index in [0.717, 1.165) is 29.0 Å². The molecule has 6 nitrogen and oxygen atoms in total. The molecule has 1 aromatic heterocycles. The lowest BCUT2D eigenvalue weighted by molar-refractivity contribution is -0.151. The maximum Gasteiger partial charge on any atom is 0.231 e. The Morgan fingerprint density at radius 2 is 1.64 bits per heavy atom. The van der Waals surface area contributed by atoms with Gasteiger partial charge in [-0.2, -0.15) is 0 Å². The molecular weight excluding hydrogens is 412 g/mol. The summed E-state index contributed by atoms with van der Waals surface area (Å²) in [6, 6.07) is 0. The molecule has 0 atom stereocenters. The highest BCUT2D eigenvalue weighted by molar-refractivity contribution is 5.95. The average Bonchev–Trinajstić information content (AvgIpc) is 2.71. The fourth-order valence-electron chi connectivity index (χ4n) is 7.62. The molecule has 0 unspecified atom stereocenters. The van der Waals surface area contributed by atoms with Crippen LogP contribution in [0.5, 0.6) is 0 Å². The molecule has 0 radical (unpaired) electrons. The van der Waals surface area contributed by atoms with Gasteiger partial charge in [0, 0.05) is 23.9 Å². The van der Waals surface area contributed by atoms with Crippen LogP contribution in [0.4, 0.5) is 5.82 Å². The molecule has 5 aliphatic rings. The minimum absolute atomic E-state index is 0.0367. The van der Waals surface area contributed by atoms with Gasteiger partial charge in [0.05, 0.1) is 12.2 Å². The molecule has 33 heavy (non-hydrogen) atoms. The number of carbonyl (C=O) groups excluding carboxylic acids is 2. The van der Waals surface area contributed by atoms with E-state index in [4.69, 9.17) is 0 Å². The molecule has 180 valence electrons. The topological polar surface area (TPSA) is 75.2 Å². The first kappa shape index (κ1) is 22.8. The van der Waals surface area contributed by atoms with Gasteiger partial charge in [-0.15, -0.1) is 0 Å². The van der Waals surface area contributed by atoms with Crippen LogP contribution in [0.3, 0.4) is 0 Å². The number of anilines is 1. The lowest BCUT2D eigenvalue weighted by Crippen LogP contribution is -2.56. The van der Waals surface area contributed by atoms with Crippen molar-refractivity contribution in [1.29, 1.82) is 0 Å². The van der Waals surface area contributed by atoms with Gasteiger partial charge in [0.25, 0.3) is 0 Å². The number of nitrogens with one attached hydrogen (secondary N) is 1. The van der Waals surface area contributed by atoms with Crippen LogP contribution in [-0.2, 0) is 22.6 Å². The summed E-state index contributed by atoms with van der Waals surface area (Å²) >= 11 is 0. The molecule has 4 aliphatic carbocycles. The normalized spacial score (nSPS) is 30.8. The Morgan fingerprint density at radius 1 is 1.03 bits per heavy atom. The SMILES string of the molecule is CC(C)(C)CC(=O)N1CCc2c(ncnc2NC(=O)C(C)(C)C23CC4CC(CC(C4)C2)C3)C1. The van der Waals surface area contributed by atoms with Crippen molar-refractivity contribution in [3.63, 3.8) is 0 Å². The van der Waals surface area contributed by atoms with Crippen LogP contribution >= 0.6 is 0 Å². The Morgan fingerprint density at radius 3 is 2.21 bits per heavy atom. The van der Waals surface area contributed by atoms with Crippen molar-refractivity contribution < 1.29 is 9.59 Å². The summed E-state index contributed by atoms with van der Waals surface area (Å²) in [4.78, 5) is 37.3. The third-order valence-corrected chi connectivity index (χ3v) is 9.20. The summed E-state index contributed by atoms with van der Waals surface area (Å²) < 4.78 is 0. The summed E-state index contributed by atoms with van der Waals surface area (Å²) in [6.45, 7) is 11.7. The molecular formula is C27H40N4O2. The van der Waals surface area contributed by atoms with Crippen molar-refractivity contribution in [3.05, 3.63) is 17.6 Å². The number of hydrogen-bond acceptors (Lipinski definition) is 4. The lowest BCUT2D eigenvalue weighted by atomic mass is 9.43. The molecule has 2 amide bonds. The van der Waals surface area contributed by atoms with Gasteiger partial charge < -0.3 is 10.2 Å². The van der Waals surface area contributed by atoms with Crippen molar-refractivity contribution in [2.75, 3.05) is 11.9 Å². The predicted molar refractivity (Wildman–Crippen MR) is 128 cm³/mol. The van der Waals surface area contributed by atoms with E-state index in [0.29, 0.717) is 31.7 Å². The number of aromatic nitrogens is 2. The van der Waals surface area contributed by atoms with Crippen molar-refractivity contribution in [2.45, 2.75) is 92.5 Å². The standard InChI is InChI=1S/C27H40N4O2/c1-25(2,3)14-22(32)31-7-6-20-21(15-31)28-16-29-23(20)30-24(33)26(4,5)27-11-17-8-18(12-27)10-19(9-17)13-27/h16-19H,6-15H2,1-5H3,(H,28,29,30,33). The summed E-state index contributed by atoms with van der Waals surface area (Å²) in [5.74, 6) is 3.34. The van der Waals surface area contributed by atoms with Gasteiger partial charge in [-0.05, 0) is 73.5 Å². The van der Waals surface area contributed by atoms with Crippen molar-refractivity contribution in [1.82, 2.24) is 14.9 Å². The predicted octanol–water partition coefficient (Wildman–Crippen LogP) is 4.98. The number of rotatable bonds is 4. The van der Waals surface area contributed by atoms with E-state index in [9.17, 15) is 9.59 Å². The van der Waals surface area contributed by atoms with E-state index in [1.54, 1.807) is 0 Å². The molecule has 1 aliphatic heterocycles. The molecule has 1 aromatic rings. The van der Waals surface area contributed by atoms with Gasteiger partial charge in [0.15, 0.2) is 0 Å². The fourth-order valence-corrected chi connectivity index (χ4v) is 7.62. The molecule has 4 fully saturated rings. The first-order chi connectivity index (χ1) is 15.5. The van der Waals surface area contributed by atoms with Crippen LogP contribution in [0.25, 0.3) is 0 Å². The van der Waals surface area contributed by atoms with Gasteiger partial charge in [0.2, 0.25) is 11.8 Å². The zero-order chi connectivity index (χ0) is 23.6. The molecule has 6 rings (SSSR count). The van der Waals surface area contributed by atoms with Crippen molar-refractivity contribution in [2.24, 2.45) is 34.0 Å². The van der Waals surface area contributed by atoms with Crippen LogP contribution in [0.2, 0.25) is 0 Å². The van der Waals surface area contributed by atoms with Gasteiger partial charge in [-0.25, -0.2) is 9.97 Å². The third kappa shape index (κ3) is 4.08. The zero-order valence-electron chi connectivity index (χ0n) is 21.0. The molecule has 0 aromatic carbocycles. The molecule has 6 heteroatoms. The quantitative estimate of drug-likeness (QED) is 0.699. The van der Waals surface area contributed by atoms with Gasteiger partial charge in [-0.3, -0.25) is 9.59 Å². The second-order valence-electron chi connectivity index (χ2n) is 13.2. The summed E-state index contributed by atoms with van der Waals surface area (Å²) in [6.07, 6.45) is 10.5. The number of amides is 2.